The zero-order valence-electron chi connectivity index (χ0n) is 26.8. The van der Waals surface area contributed by atoms with Crippen molar-refractivity contribution in [1.29, 1.82) is 0 Å². The largest absolute Gasteiger partial charge is 0.497 e. The summed E-state index contributed by atoms with van der Waals surface area (Å²) >= 11 is 0. The van der Waals surface area contributed by atoms with Gasteiger partial charge in [0.25, 0.3) is 0 Å². The molecule has 0 aliphatic carbocycles. The number of ether oxygens (including phenoxy) is 5. The highest BCUT2D eigenvalue weighted by Crippen LogP contribution is 2.34. The van der Waals surface area contributed by atoms with Crippen molar-refractivity contribution in [3.8, 4) is 22.8 Å². The molecule has 13 nitrogen and oxygen atoms in total. The van der Waals surface area contributed by atoms with Crippen LogP contribution < -0.4 is 25.0 Å². The van der Waals surface area contributed by atoms with Crippen LogP contribution >= 0.6 is 0 Å². The molecule has 0 aliphatic heterocycles. The van der Waals surface area contributed by atoms with E-state index in [1.54, 1.807) is 79.8 Å². The minimum absolute atomic E-state index is 0.123. The average Bonchev–Trinajstić information content (AvgIpc) is 3.02. The lowest BCUT2D eigenvalue weighted by Crippen LogP contribution is -2.27. The number of methoxy groups -OCH3 is 3. The fourth-order valence-corrected chi connectivity index (χ4v) is 3.99. The van der Waals surface area contributed by atoms with E-state index in [0.29, 0.717) is 40.6 Å². The Bertz CT molecular complexity index is 1550. The van der Waals surface area contributed by atoms with Gasteiger partial charge in [-0.3, -0.25) is 10.3 Å². The number of fused-ring (bicyclic) bond motifs is 1. The maximum atomic E-state index is 12.1. The van der Waals surface area contributed by atoms with Crippen LogP contribution in [0.4, 0.5) is 26.8 Å². The smallest absolute Gasteiger partial charge is 0.413 e. The molecule has 0 radical (unpaired) electrons. The van der Waals surface area contributed by atoms with Crippen LogP contribution in [0.25, 0.3) is 22.3 Å². The van der Waals surface area contributed by atoms with E-state index in [1.807, 2.05) is 35.2 Å². The molecule has 2 aromatic heterocycles. The number of amides is 2. The van der Waals surface area contributed by atoms with Gasteiger partial charge >= 0.3 is 12.2 Å². The van der Waals surface area contributed by atoms with Gasteiger partial charge in [0.05, 0.1) is 43.7 Å². The molecule has 45 heavy (non-hydrogen) atoms. The second-order valence-electron chi connectivity index (χ2n) is 10.5. The first-order chi connectivity index (χ1) is 21.5. The Morgan fingerprint density at radius 2 is 1.51 bits per heavy atom. The number of carbonyl (C=O) groups excluding carboxylic acids is 2. The highest BCUT2D eigenvalue weighted by molar-refractivity contribution is 5.85. The number of nitrogens with zero attached hydrogens (tertiary/aromatic N) is 4. The zero-order chi connectivity index (χ0) is 33.0. The van der Waals surface area contributed by atoms with Crippen LogP contribution in [0.1, 0.15) is 20.8 Å². The summed E-state index contributed by atoms with van der Waals surface area (Å²) in [5.74, 6) is 1.58. The number of pyridine rings is 1. The minimum atomic E-state index is -0.616. The molecule has 0 aliphatic rings. The molecule has 4 rings (SSSR count). The molecule has 2 amide bonds. The third-order valence-corrected chi connectivity index (χ3v) is 5.93. The average molecular weight is 621 g/mol. The maximum Gasteiger partial charge on any atom is 0.413 e. The van der Waals surface area contributed by atoms with E-state index in [0.717, 1.165) is 16.9 Å². The van der Waals surface area contributed by atoms with Crippen molar-refractivity contribution >= 4 is 40.4 Å². The van der Waals surface area contributed by atoms with Gasteiger partial charge in [-0.2, -0.15) is 0 Å². The van der Waals surface area contributed by atoms with Crippen LogP contribution in [0, 0.1) is 0 Å². The summed E-state index contributed by atoms with van der Waals surface area (Å²) in [7, 11) is 7.92. The highest BCUT2D eigenvalue weighted by Gasteiger charge is 2.17. The Balaban J connectivity index is 0.00000177. The summed E-state index contributed by atoms with van der Waals surface area (Å²) in [5, 5.41) is 5.07. The quantitative estimate of drug-likeness (QED) is 0.234. The number of benzene rings is 2. The number of carbonyl (C=O) groups is 2. The van der Waals surface area contributed by atoms with Crippen LogP contribution in [0.5, 0.6) is 11.5 Å². The van der Waals surface area contributed by atoms with Gasteiger partial charge in [-0.25, -0.2) is 19.6 Å². The molecule has 2 heterocycles. The summed E-state index contributed by atoms with van der Waals surface area (Å²) < 4.78 is 25.7. The van der Waals surface area contributed by atoms with E-state index >= 15 is 0 Å². The van der Waals surface area contributed by atoms with Gasteiger partial charge in [-0.15, -0.1) is 0 Å². The molecule has 2 N–H and O–H groups in total. The fourth-order valence-electron chi connectivity index (χ4n) is 3.99. The van der Waals surface area contributed by atoms with Gasteiger partial charge in [0.2, 0.25) is 0 Å². The second-order valence-corrected chi connectivity index (χ2v) is 10.5. The number of rotatable bonds is 9. The van der Waals surface area contributed by atoms with Crippen molar-refractivity contribution in [3.63, 3.8) is 0 Å². The molecule has 13 heteroatoms. The Kier molecular flexibility index (Phi) is 12.2. The fraction of sp³-hybridized carbons (Fsp3) is 0.344. The number of hydrogen-bond donors (Lipinski definition) is 2. The van der Waals surface area contributed by atoms with Crippen LogP contribution in [0.15, 0.2) is 60.9 Å². The molecular weight excluding hydrogens is 580 g/mol. The summed E-state index contributed by atoms with van der Waals surface area (Å²) in [6.07, 6.45) is 2.17. The van der Waals surface area contributed by atoms with Gasteiger partial charge < -0.3 is 33.9 Å². The van der Waals surface area contributed by atoms with Crippen molar-refractivity contribution in [2.75, 3.05) is 58.9 Å². The molecule has 4 aromatic rings. The van der Waals surface area contributed by atoms with E-state index < -0.39 is 17.8 Å². The Morgan fingerprint density at radius 3 is 2.09 bits per heavy atom. The van der Waals surface area contributed by atoms with E-state index in [2.05, 4.69) is 25.3 Å². The van der Waals surface area contributed by atoms with Gasteiger partial charge in [0.15, 0.2) is 0 Å². The van der Waals surface area contributed by atoms with Gasteiger partial charge in [0.1, 0.15) is 29.5 Å². The predicted octanol–water partition coefficient (Wildman–Crippen LogP) is 5.81. The normalized spacial score (nSPS) is 10.7. The predicted molar refractivity (Wildman–Crippen MR) is 173 cm³/mol. The zero-order valence-corrected chi connectivity index (χ0v) is 26.8. The number of alkyl carbamates (subject to hydrolysis) is 1. The van der Waals surface area contributed by atoms with E-state index in [1.165, 1.54) is 7.05 Å². The first-order valence-electron chi connectivity index (χ1n) is 14.0. The lowest BCUT2D eigenvalue weighted by Gasteiger charge is -2.26. The van der Waals surface area contributed by atoms with E-state index in [4.69, 9.17) is 23.9 Å². The monoisotopic (exact) mass is 620 g/mol. The van der Waals surface area contributed by atoms with Crippen molar-refractivity contribution < 1.29 is 33.3 Å². The topological polar surface area (TPSA) is 146 Å². The third kappa shape index (κ3) is 10.2. The van der Waals surface area contributed by atoms with Gasteiger partial charge in [-0.05, 0) is 51.1 Å². The molecule has 0 saturated heterocycles. The molecular formula is C32H40N6O7. The summed E-state index contributed by atoms with van der Waals surface area (Å²) in [6, 6.07) is 14.7. The van der Waals surface area contributed by atoms with Gasteiger partial charge in [0, 0.05) is 62.6 Å². The molecule has 0 atom stereocenters. The van der Waals surface area contributed by atoms with E-state index in [-0.39, 0.29) is 6.61 Å². The number of nitrogens with one attached hydrogen (secondary N) is 2. The first-order valence-corrected chi connectivity index (χ1v) is 14.0. The van der Waals surface area contributed by atoms with Gasteiger partial charge in [-0.1, -0.05) is 0 Å². The standard InChI is InChI=1S/C30H34N6O6.C2H6O/c1-30(2,3)42-29(38)35-27-10-7-19(17-33-27)26-18-32-24-9-8-20(15-25(24)34-26)36(11-12-41-28(37)31-4)21-13-22(39-5)16-23(14-21)40-6;1-3-2/h7-10,13-18H,11-12H2,1-6H3,(H,31,37)(H,33,35,38);1-2H3. The minimum Gasteiger partial charge on any atom is -0.497 e. The summed E-state index contributed by atoms with van der Waals surface area (Å²) in [4.78, 5) is 39.5. The number of hydrogen-bond acceptors (Lipinski definition) is 11. The van der Waals surface area contributed by atoms with Crippen molar-refractivity contribution in [3.05, 3.63) is 60.9 Å². The first kappa shape index (κ1) is 34.3. The molecule has 0 unspecified atom stereocenters. The highest BCUT2D eigenvalue weighted by atomic mass is 16.6. The SMILES string of the molecule is CNC(=O)OCCN(c1cc(OC)cc(OC)c1)c1ccc2ncc(-c3ccc(NC(=O)OC(C)(C)C)nc3)nc2c1.COC. The van der Waals surface area contributed by atoms with E-state index in [9.17, 15) is 9.59 Å². The lowest BCUT2D eigenvalue weighted by molar-refractivity contribution is 0.0635. The third-order valence-electron chi connectivity index (χ3n) is 5.93. The molecule has 0 saturated carbocycles. The van der Waals surface area contributed by atoms with Crippen molar-refractivity contribution in [2.45, 2.75) is 26.4 Å². The maximum absolute atomic E-state index is 12.1. The lowest BCUT2D eigenvalue weighted by atomic mass is 10.1. The van der Waals surface area contributed by atoms with Crippen LogP contribution in [0.2, 0.25) is 0 Å². The molecule has 0 bridgehead atoms. The molecule has 0 fully saturated rings. The van der Waals surface area contributed by atoms with Crippen molar-refractivity contribution in [2.24, 2.45) is 0 Å². The van der Waals surface area contributed by atoms with Crippen LogP contribution in [-0.2, 0) is 14.2 Å². The second kappa shape index (κ2) is 16.1. The number of aromatic nitrogens is 3. The Labute approximate surface area is 262 Å². The molecule has 2 aromatic carbocycles. The van der Waals surface area contributed by atoms with Crippen LogP contribution in [0.3, 0.4) is 0 Å². The molecule has 0 spiro atoms. The summed E-state index contributed by atoms with van der Waals surface area (Å²) in [6.45, 7) is 5.84. The molecule has 240 valence electrons. The number of anilines is 3. The Hall–Kier alpha value is -5.17. The Morgan fingerprint density at radius 1 is 0.822 bits per heavy atom. The summed E-state index contributed by atoms with van der Waals surface area (Å²) in [5.41, 5.74) is 3.62. The van der Waals surface area contributed by atoms with Crippen molar-refractivity contribution in [1.82, 2.24) is 20.3 Å². The van der Waals surface area contributed by atoms with Crippen LogP contribution in [-0.4, -0.2) is 81.4 Å².